The molecule has 1 saturated heterocycles. The highest BCUT2D eigenvalue weighted by atomic mass is 16.1. The van der Waals surface area contributed by atoms with Crippen molar-refractivity contribution in [2.75, 3.05) is 18.0 Å². The number of piperidine rings is 1. The van der Waals surface area contributed by atoms with Crippen LogP contribution >= 0.6 is 0 Å². The van der Waals surface area contributed by atoms with Crippen molar-refractivity contribution in [2.45, 2.75) is 19.3 Å². The van der Waals surface area contributed by atoms with E-state index in [2.05, 4.69) is 29.2 Å². The van der Waals surface area contributed by atoms with Gasteiger partial charge in [-0.1, -0.05) is 42.5 Å². The van der Waals surface area contributed by atoms with Crippen LogP contribution < -0.4 is 4.90 Å². The fourth-order valence-electron chi connectivity index (χ4n) is 3.05. The highest BCUT2D eigenvalue weighted by Gasteiger charge is 2.11. The summed E-state index contributed by atoms with van der Waals surface area (Å²) < 4.78 is 0. The molecule has 0 bridgehead atoms. The lowest BCUT2D eigenvalue weighted by molar-refractivity contribution is -0.104. The third kappa shape index (κ3) is 3.28. The number of allylic oxidation sites excluding steroid dienone is 1. The van der Waals surface area contributed by atoms with Crippen LogP contribution in [0.15, 0.2) is 60.7 Å². The van der Waals surface area contributed by atoms with Gasteiger partial charge in [0.1, 0.15) is 6.29 Å². The Kier molecular flexibility index (Phi) is 4.69. The van der Waals surface area contributed by atoms with E-state index in [9.17, 15) is 4.79 Å². The molecule has 0 aromatic heterocycles. The summed E-state index contributed by atoms with van der Waals surface area (Å²) in [6, 6.07) is 18.6. The molecule has 2 aromatic rings. The number of benzene rings is 2. The van der Waals surface area contributed by atoms with Gasteiger partial charge in [0.15, 0.2) is 0 Å². The highest BCUT2D eigenvalue weighted by Crippen LogP contribution is 2.26. The van der Waals surface area contributed by atoms with Crippen molar-refractivity contribution < 1.29 is 4.79 Å². The average molecular weight is 291 g/mol. The lowest BCUT2D eigenvalue weighted by Gasteiger charge is -2.29. The maximum Gasteiger partial charge on any atom is 0.143 e. The van der Waals surface area contributed by atoms with Crippen LogP contribution in [0.5, 0.6) is 0 Å². The first-order valence-corrected chi connectivity index (χ1v) is 7.95. The lowest BCUT2D eigenvalue weighted by Crippen LogP contribution is -2.29. The predicted molar refractivity (Wildman–Crippen MR) is 92.1 cm³/mol. The summed E-state index contributed by atoms with van der Waals surface area (Å²) in [7, 11) is 0. The molecule has 0 radical (unpaired) electrons. The van der Waals surface area contributed by atoms with Crippen LogP contribution in [0.1, 0.15) is 30.4 Å². The molecule has 2 aromatic carbocycles. The van der Waals surface area contributed by atoms with E-state index in [0.29, 0.717) is 0 Å². The van der Waals surface area contributed by atoms with E-state index in [1.807, 2.05) is 30.3 Å². The van der Waals surface area contributed by atoms with Crippen molar-refractivity contribution in [1.82, 2.24) is 0 Å². The van der Waals surface area contributed by atoms with E-state index in [0.717, 1.165) is 36.1 Å². The van der Waals surface area contributed by atoms with Gasteiger partial charge >= 0.3 is 0 Å². The van der Waals surface area contributed by atoms with Gasteiger partial charge < -0.3 is 4.90 Å². The second-order valence-corrected chi connectivity index (χ2v) is 5.68. The molecule has 0 unspecified atom stereocenters. The van der Waals surface area contributed by atoms with Gasteiger partial charge in [-0.05, 0) is 54.2 Å². The fourth-order valence-corrected chi connectivity index (χ4v) is 3.05. The van der Waals surface area contributed by atoms with Gasteiger partial charge in [-0.25, -0.2) is 0 Å². The van der Waals surface area contributed by atoms with Crippen LogP contribution in [0, 0.1) is 0 Å². The highest BCUT2D eigenvalue weighted by molar-refractivity contribution is 5.89. The molecule has 112 valence electrons. The minimum atomic E-state index is 0.862. The summed E-state index contributed by atoms with van der Waals surface area (Å²) in [5.74, 6) is 0. The number of anilines is 1. The standard InChI is InChI=1S/C20H21NO/c22-16-13-20(17-7-3-1-4-8-17)18-9-11-19(12-10-18)21-14-5-2-6-15-21/h1,3-4,7-13,16H,2,5-6,14-15H2. The Labute approximate surface area is 132 Å². The first-order valence-electron chi connectivity index (χ1n) is 7.95. The molecular formula is C20H21NO. The first-order chi connectivity index (χ1) is 10.9. The van der Waals surface area contributed by atoms with E-state index in [4.69, 9.17) is 0 Å². The molecule has 1 aliphatic rings. The van der Waals surface area contributed by atoms with Crippen LogP contribution in [-0.4, -0.2) is 19.4 Å². The van der Waals surface area contributed by atoms with Crippen molar-refractivity contribution in [3.63, 3.8) is 0 Å². The zero-order valence-corrected chi connectivity index (χ0v) is 12.7. The van der Waals surface area contributed by atoms with Crippen LogP contribution in [0.2, 0.25) is 0 Å². The van der Waals surface area contributed by atoms with Crippen LogP contribution in [0.3, 0.4) is 0 Å². The number of carbonyl (C=O) groups excluding carboxylic acids is 1. The molecule has 1 aliphatic heterocycles. The van der Waals surface area contributed by atoms with Gasteiger partial charge in [0.25, 0.3) is 0 Å². The number of nitrogens with zero attached hydrogens (tertiary/aromatic N) is 1. The Morgan fingerprint density at radius 3 is 2.09 bits per heavy atom. The monoisotopic (exact) mass is 291 g/mol. The number of rotatable bonds is 4. The second kappa shape index (κ2) is 7.08. The van der Waals surface area contributed by atoms with E-state index < -0.39 is 0 Å². The molecule has 22 heavy (non-hydrogen) atoms. The summed E-state index contributed by atoms with van der Waals surface area (Å²) in [6.45, 7) is 2.30. The van der Waals surface area contributed by atoms with Crippen molar-refractivity contribution in [3.05, 3.63) is 71.8 Å². The fraction of sp³-hybridized carbons (Fsp3) is 0.250. The quantitative estimate of drug-likeness (QED) is 0.618. The summed E-state index contributed by atoms with van der Waals surface area (Å²) in [6.07, 6.45) is 6.41. The summed E-state index contributed by atoms with van der Waals surface area (Å²) in [5.41, 5.74) is 4.40. The zero-order chi connectivity index (χ0) is 15.2. The number of carbonyl (C=O) groups is 1. The molecule has 1 fully saturated rings. The smallest absolute Gasteiger partial charge is 0.143 e. The summed E-state index contributed by atoms with van der Waals surface area (Å²) >= 11 is 0. The first kappa shape index (κ1) is 14.6. The van der Waals surface area contributed by atoms with E-state index in [1.165, 1.54) is 24.9 Å². The molecule has 3 rings (SSSR count). The van der Waals surface area contributed by atoms with Gasteiger partial charge in [-0.2, -0.15) is 0 Å². The van der Waals surface area contributed by atoms with E-state index >= 15 is 0 Å². The molecule has 0 N–H and O–H groups in total. The predicted octanol–water partition coefficient (Wildman–Crippen LogP) is 4.31. The number of hydrogen-bond acceptors (Lipinski definition) is 2. The van der Waals surface area contributed by atoms with Gasteiger partial charge in [0.05, 0.1) is 0 Å². The Hall–Kier alpha value is -2.35. The molecule has 0 saturated carbocycles. The minimum absolute atomic E-state index is 0.862. The van der Waals surface area contributed by atoms with Gasteiger partial charge in [0.2, 0.25) is 0 Å². The molecule has 0 aliphatic carbocycles. The molecule has 2 nitrogen and oxygen atoms in total. The Bertz CT molecular complexity index is 637. The Morgan fingerprint density at radius 2 is 1.45 bits per heavy atom. The van der Waals surface area contributed by atoms with Crippen LogP contribution in [0.4, 0.5) is 5.69 Å². The van der Waals surface area contributed by atoms with Crippen LogP contribution in [0.25, 0.3) is 5.57 Å². The Morgan fingerprint density at radius 1 is 0.818 bits per heavy atom. The Balaban J connectivity index is 1.86. The van der Waals surface area contributed by atoms with Crippen molar-refractivity contribution >= 4 is 17.5 Å². The lowest BCUT2D eigenvalue weighted by atomic mass is 9.97. The van der Waals surface area contributed by atoms with Crippen LogP contribution in [-0.2, 0) is 4.79 Å². The number of hydrogen-bond donors (Lipinski definition) is 0. The second-order valence-electron chi connectivity index (χ2n) is 5.68. The third-order valence-corrected chi connectivity index (χ3v) is 4.22. The molecule has 0 spiro atoms. The average Bonchev–Trinajstić information content (AvgIpc) is 2.61. The molecule has 0 atom stereocenters. The third-order valence-electron chi connectivity index (χ3n) is 4.22. The van der Waals surface area contributed by atoms with Gasteiger partial charge in [-0.3, -0.25) is 4.79 Å². The van der Waals surface area contributed by atoms with Crippen molar-refractivity contribution in [3.8, 4) is 0 Å². The SMILES string of the molecule is O=CC=C(c1ccccc1)c1ccc(N2CCCCC2)cc1. The summed E-state index contributed by atoms with van der Waals surface area (Å²) in [5, 5.41) is 0. The number of aldehydes is 1. The maximum absolute atomic E-state index is 11.0. The minimum Gasteiger partial charge on any atom is -0.372 e. The zero-order valence-electron chi connectivity index (χ0n) is 12.7. The van der Waals surface area contributed by atoms with E-state index in [1.54, 1.807) is 6.08 Å². The summed E-state index contributed by atoms with van der Waals surface area (Å²) in [4.78, 5) is 13.4. The van der Waals surface area contributed by atoms with Crippen molar-refractivity contribution in [2.24, 2.45) is 0 Å². The largest absolute Gasteiger partial charge is 0.372 e. The topological polar surface area (TPSA) is 20.3 Å². The van der Waals surface area contributed by atoms with Crippen molar-refractivity contribution in [1.29, 1.82) is 0 Å². The molecule has 1 heterocycles. The molecule has 0 amide bonds. The molecule has 2 heteroatoms. The normalized spacial score (nSPS) is 15.6. The van der Waals surface area contributed by atoms with Gasteiger partial charge in [0, 0.05) is 18.8 Å². The van der Waals surface area contributed by atoms with E-state index in [-0.39, 0.29) is 0 Å². The maximum atomic E-state index is 11.0. The molecular weight excluding hydrogens is 270 g/mol. The van der Waals surface area contributed by atoms with Gasteiger partial charge in [-0.15, -0.1) is 0 Å².